The molecule has 0 aliphatic heterocycles. The van der Waals surface area contributed by atoms with Gasteiger partial charge in [0, 0.05) is 17.8 Å². The molecule has 0 saturated heterocycles. The number of pyridine rings is 2. The molecule has 0 unspecified atom stereocenters. The second-order valence-corrected chi connectivity index (χ2v) is 4.17. The Kier molecular flexibility index (Phi) is 3.24. The van der Waals surface area contributed by atoms with Gasteiger partial charge in [-0.3, -0.25) is 10.3 Å². The molecule has 0 aliphatic carbocycles. The van der Waals surface area contributed by atoms with Gasteiger partial charge < -0.3 is 5.32 Å². The molecule has 5 heteroatoms. The van der Waals surface area contributed by atoms with Crippen LogP contribution < -0.4 is 10.6 Å². The van der Waals surface area contributed by atoms with Crippen LogP contribution in [0.3, 0.4) is 0 Å². The number of nitrogens with one attached hydrogen (secondary N) is 2. The minimum atomic E-state index is -0.333. The number of fused-ring (bicyclic) bond motifs is 1. The Morgan fingerprint density at radius 3 is 2.60 bits per heavy atom. The van der Waals surface area contributed by atoms with E-state index in [0.29, 0.717) is 11.5 Å². The first kappa shape index (κ1) is 12.1. The molecule has 3 aromatic rings. The van der Waals surface area contributed by atoms with Gasteiger partial charge in [-0.05, 0) is 36.4 Å². The van der Waals surface area contributed by atoms with Crippen molar-refractivity contribution in [3.05, 3.63) is 60.9 Å². The van der Waals surface area contributed by atoms with Crippen LogP contribution in [0.5, 0.6) is 0 Å². The number of anilines is 2. The number of carbonyl (C=O) groups is 1. The van der Waals surface area contributed by atoms with Gasteiger partial charge in [-0.2, -0.15) is 0 Å². The van der Waals surface area contributed by atoms with Crippen molar-refractivity contribution in [1.29, 1.82) is 0 Å². The highest BCUT2D eigenvalue weighted by atomic mass is 16.2. The van der Waals surface area contributed by atoms with Crippen molar-refractivity contribution in [3.63, 3.8) is 0 Å². The summed E-state index contributed by atoms with van der Waals surface area (Å²) >= 11 is 0. The first-order chi connectivity index (χ1) is 9.83. The quantitative estimate of drug-likeness (QED) is 0.746. The zero-order valence-electron chi connectivity index (χ0n) is 10.6. The number of hydrogen-bond donors (Lipinski definition) is 2. The number of hydrogen-bond acceptors (Lipinski definition) is 3. The molecule has 0 atom stereocenters. The van der Waals surface area contributed by atoms with E-state index in [1.165, 1.54) is 0 Å². The van der Waals surface area contributed by atoms with Gasteiger partial charge >= 0.3 is 6.03 Å². The van der Waals surface area contributed by atoms with Crippen molar-refractivity contribution < 1.29 is 4.79 Å². The van der Waals surface area contributed by atoms with Crippen LogP contribution in [0, 0.1) is 0 Å². The number of benzene rings is 1. The van der Waals surface area contributed by atoms with Crippen LogP contribution in [-0.2, 0) is 0 Å². The third-order valence-electron chi connectivity index (χ3n) is 2.80. The van der Waals surface area contributed by atoms with Crippen molar-refractivity contribution in [2.24, 2.45) is 0 Å². The van der Waals surface area contributed by atoms with Gasteiger partial charge in [0.2, 0.25) is 0 Å². The van der Waals surface area contributed by atoms with Gasteiger partial charge in [0.05, 0.1) is 11.2 Å². The number of nitrogens with zero attached hydrogens (tertiary/aromatic N) is 2. The molecule has 0 radical (unpaired) electrons. The zero-order chi connectivity index (χ0) is 13.8. The van der Waals surface area contributed by atoms with Gasteiger partial charge in [0.25, 0.3) is 0 Å². The highest BCUT2D eigenvalue weighted by Crippen LogP contribution is 2.21. The Bertz CT molecular complexity index is 738. The Balaban J connectivity index is 1.81. The fourth-order valence-electron chi connectivity index (χ4n) is 1.92. The molecule has 0 spiro atoms. The maximum Gasteiger partial charge on any atom is 0.324 e. The predicted molar refractivity (Wildman–Crippen MR) is 78.6 cm³/mol. The highest BCUT2D eigenvalue weighted by Gasteiger charge is 2.06. The van der Waals surface area contributed by atoms with E-state index in [-0.39, 0.29) is 6.03 Å². The van der Waals surface area contributed by atoms with Crippen molar-refractivity contribution in [3.8, 4) is 0 Å². The molecular weight excluding hydrogens is 252 g/mol. The van der Waals surface area contributed by atoms with Crippen LogP contribution in [0.15, 0.2) is 60.9 Å². The van der Waals surface area contributed by atoms with E-state index in [9.17, 15) is 4.79 Å². The van der Waals surface area contributed by atoms with E-state index in [2.05, 4.69) is 20.6 Å². The third kappa shape index (κ3) is 2.56. The van der Waals surface area contributed by atoms with E-state index >= 15 is 0 Å². The molecule has 2 N–H and O–H groups in total. The first-order valence-electron chi connectivity index (χ1n) is 6.16. The molecule has 0 bridgehead atoms. The molecule has 2 amide bonds. The van der Waals surface area contributed by atoms with Gasteiger partial charge in [-0.25, -0.2) is 9.78 Å². The molecule has 2 aromatic heterocycles. The number of rotatable bonds is 2. The maximum atomic E-state index is 11.9. The topological polar surface area (TPSA) is 66.9 Å². The maximum absolute atomic E-state index is 11.9. The SMILES string of the molecule is O=C(Nc1ccccn1)Nc1cccc2ncccc12. The van der Waals surface area contributed by atoms with E-state index in [4.69, 9.17) is 0 Å². The average Bonchev–Trinajstić information content (AvgIpc) is 2.48. The predicted octanol–water partition coefficient (Wildman–Crippen LogP) is 3.27. The second-order valence-electron chi connectivity index (χ2n) is 4.17. The summed E-state index contributed by atoms with van der Waals surface area (Å²) in [5.74, 6) is 0.503. The summed E-state index contributed by atoms with van der Waals surface area (Å²) in [6.45, 7) is 0. The third-order valence-corrected chi connectivity index (χ3v) is 2.80. The van der Waals surface area contributed by atoms with Gasteiger partial charge in [-0.1, -0.05) is 12.1 Å². The van der Waals surface area contributed by atoms with Crippen LogP contribution in [-0.4, -0.2) is 16.0 Å². The normalized spacial score (nSPS) is 10.2. The van der Waals surface area contributed by atoms with Crippen molar-refractivity contribution in [2.45, 2.75) is 0 Å². The lowest BCUT2D eigenvalue weighted by atomic mass is 10.2. The van der Waals surface area contributed by atoms with Gasteiger partial charge in [-0.15, -0.1) is 0 Å². The second kappa shape index (κ2) is 5.36. The molecule has 98 valence electrons. The lowest BCUT2D eigenvalue weighted by Crippen LogP contribution is -2.20. The number of carbonyl (C=O) groups excluding carboxylic acids is 1. The zero-order valence-corrected chi connectivity index (χ0v) is 10.6. The molecular formula is C15H12N4O. The first-order valence-corrected chi connectivity index (χ1v) is 6.16. The van der Waals surface area contributed by atoms with Crippen molar-refractivity contribution in [1.82, 2.24) is 9.97 Å². The van der Waals surface area contributed by atoms with E-state index in [1.54, 1.807) is 24.5 Å². The van der Waals surface area contributed by atoms with Crippen LogP contribution >= 0.6 is 0 Å². The summed E-state index contributed by atoms with van der Waals surface area (Å²) in [7, 11) is 0. The lowest BCUT2D eigenvalue weighted by molar-refractivity contribution is 0.262. The van der Waals surface area contributed by atoms with Gasteiger partial charge in [0.1, 0.15) is 5.82 Å². The fraction of sp³-hybridized carbons (Fsp3) is 0. The smallest absolute Gasteiger partial charge is 0.307 e. The lowest BCUT2D eigenvalue weighted by Gasteiger charge is -2.09. The summed E-state index contributed by atoms with van der Waals surface area (Å²) in [5, 5.41) is 6.37. The largest absolute Gasteiger partial charge is 0.324 e. The van der Waals surface area contributed by atoms with Crippen LogP contribution in [0.4, 0.5) is 16.3 Å². The van der Waals surface area contributed by atoms with Crippen LogP contribution in [0.25, 0.3) is 10.9 Å². The molecule has 5 nitrogen and oxygen atoms in total. The van der Waals surface area contributed by atoms with Crippen molar-refractivity contribution >= 4 is 28.4 Å². The highest BCUT2D eigenvalue weighted by molar-refractivity contribution is 6.05. The monoisotopic (exact) mass is 264 g/mol. The standard InChI is InChI=1S/C15H12N4O/c20-15(19-14-8-1-2-9-17-14)18-13-7-3-6-12-11(13)5-4-10-16-12/h1-10H,(H2,17,18,19,20). The van der Waals surface area contributed by atoms with E-state index < -0.39 is 0 Å². The molecule has 0 saturated carbocycles. The Hall–Kier alpha value is -2.95. The number of amides is 2. The van der Waals surface area contributed by atoms with E-state index in [0.717, 1.165) is 10.9 Å². The number of aromatic nitrogens is 2. The summed E-state index contributed by atoms with van der Waals surface area (Å²) in [5.41, 5.74) is 1.55. The Morgan fingerprint density at radius 2 is 1.75 bits per heavy atom. The Labute approximate surface area is 115 Å². The minimum absolute atomic E-state index is 0.333. The summed E-state index contributed by atoms with van der Waals surface area (Å²) in [6, 6.07) is 14.3. The number of urea groups is 1. The minimum Gasteiger partial charge on any atom is -0.307 e. The molecule has 3 rings (SSSR count). The Morgan fingerprint density at radius 1 is 0.850 bits per heavy atom. The summed E-state index contributed by atoms with van der Waals surface area (Å²) in [4.78, 5) is 20.2. The molecule has 2 heterocycles. The van der Waals surface area contributed by atoms with Crippen molar-refractivity contribution in [2.75, 3.05) is 10.6 Å². The molecule has 0 fully saturated rings. The van der Waals surface area contributed by atoms with Crippen LogP contribution in [0.2, 0.25) is 0 Å². The average molecular weight is 264 g/mol. The fourth-order valence-corrected chi connectivity index (χ4v) is 1.92. The van der Waals surface area contributed by atoms with Crippen LogP contribution in [0.1, 0.15) is 0 Å². The summed E-state index contributed by atoms with van der Waals surface area (Å²) in [6.07, 6.45) is 3.34. The molecule has 1 aromatic carbocycles. The van der Waals surface area contributed by atoms with Gasteiger partial charge in [0.15, 0.2) is 0 Å². The summed E-state index contributed by atoms with van der Waals surface area (Å²) < 4.78 is 0. The van der Waals surface area contributed by atoms with E-state index in [1.807, 2.05) is 36.4 Å². The molecule has 20 heavy (non-hydrogen) atoms. The molecule has 0 aliphatic rings.